The van der Waals surface area contributed by atoms with Crippen LogP contribution in [-0.4, -0.2) is 28.3 Å². The summed E-state index contributed by atoms with van der Waals surface area (Å²) < 4.78 is 0. The second-order valence-electron chi connectivity index (χ2n) is 8.43. The van der Waals surface area contributed by atoms with E-state index in [4.69, 9.17) is 0 Å². The first-order valence-electron chi connectivity index (χ1n) is 10.9. The highest BCUT2D eigenvalue weighted by Crippen LogP contribution is 2.34. The van der Waals surface area contributed by atoms with Gasteiger partial charge in [-0.1, -0.05) is 30.4 Å². The number of thiophene rings is 1. The van der Waals surface area contributed by atoms with Crippen molar-refractivity contribution >= 4 is 34.9 Å². The average Bonchev–Trinajstić information content (AvgIpc) is 3.50. The molecule has 4 aromatic rings. The third-order valence-corrected chi connectivity index (χ3v) is 7.35. The molecule has 4 nitrogen and oxygen atoms in total. The third kappa shape index (κ3) is 3.91. The fourth-order valence-electron chi connectivity index (χ4n) is 4.44. The van der Waals surface area contributed by atoms with E-state index in [2.05, 4.69) is 89.5 Å². The van der Waals surface area contributed by atoms with Crippen molar-refractivity contribution in [2.24, 2.45) is 5.92 Å². The third-order valence-electron chi connectivity index (χ3n) is 6.32. The molecule has 0 spiro atoms. The summed E-state index contributed by atoms with van der Waals surface area (Å²) in [6, 6.07) is 13.0. The maximum atomic E-state index is 4.59. The minimum absolute atomic E-state index is 0.668. The van der Waals surface area contributed by atoms with Gasteiger partial charge in [0.2, 0.25) is 0 Å². The SMILES string of the molecule is C=c1c(-c2cc3c(-c4ccc(C)s4)cccc3[nH]2)n[nH]/c1=C/C=C(\C)C1CCNCC1. The number of aromatic amines is 2. The molecule has 0 aliphatic carbocycles. The number of nitrogens with one attached hydrogen (secondary N) is 3. The van der Waals surface area contributed by atoms with E-state index in [-0.39, 0.29) is 0 Å². The number of hydrogen-bond donors (Lipinski definition) is 3. The molecule has 5 heteroatoms. The van der Waals surface area contributed by atoms with Crippen LogP contribution in [0.15, 0.2) is 48.0 Å². The first-order chi connectivity index (χ1) is 15.1. The van der Waals surface area contributed by atoms with Crippen LogP contribution in [0, 0.1) is 12.8 Å². The van der Waals surface area contributed by atoms with Crippen LogP contribution >= 0.6 is 11.3 Å². The van der Waals surface area contributed by atoms with Crippen molar-refractivity contribution in [3.8, 4) is 21.8 Å². The summed E-state index contributed by atoms with van der Waals surface area (Å²) >= 11 is 1.83. The number of aromatic nitrogens is 3. The van der Waals surface area contributed by atoms with Crippen LogP contribution in [-0.2, 0) is 0 Å². The highest BCUT2D eigenvalue weighted by molar-refractivity contribution is 7.15. The molecule has 0 radical (unpaired) electrons. The topological polar surface area (TPSA) is 56.5 Å². The zero-order valence-electron chi connectivity index (χ0n) is 18.1. The molecule has 0 unspecified atom stereocenters. The van der Waals surface area contributed by atoms with Crippen molar-refractivity contribution in [3.63, 3.8) is 0 Å². The Bertz CT molecular complexity index is 1360. The highest BCUT2D eigenvalue weighted by atomic mass is 32.1. The normalized spacial score (nSPS) is 16.5. The van der Waals surface area contributed by atoms with E-state index in [1.54, 1.807) is 0 Å². The Balaban J connectivity index is 1.50. The van der Waals surface area contributed by atoms with Crippen molar-refractivity contribution in [2.45, 2.75) is 26.7 Å². The number of rotatable bonds is 4. The minimum Gasteiger partial charge on any atom is -0.353 e. The summed E-state index contributed by atoms with van der Waals surface area (Å²) in [5.74, 6) is 0.668. The van der Waals surface area contributed by atoms with Gasteiger partial charge in [-0.25, -0.2) is 0 Å². The standard InChI is InChI=1S/C26H28N4S/c1-16(19-11-13-27-14-12-19)7-9-22-18(3)26(30-29-22)24-15-21-20(5-4-6-23(21)28-24)25-10-8-17(2)31-25/h4-10,15,19,27-29H,3,11-14H2,1-2H3/b16-7+,22-9+. The maximum absolute atomic E-state index is 4.59. The predicted molar refractivity (Wildman–Crippen MR) is 133 cm³/mol. The molecule has 1 aliphatic rings. The molecule has 0 atom stereocenters. The second kappa shape index (κ2) is 8.33. The van der Waals surface area contributed by atoms with Gasteiger partial charge in [-0.15, -0.1) is 11.3 Å². The van der Waals surface area contributed by atoms with Crippen molar-refractivity contribution < 1.29 is 0 Å². The smallest absolute Gasteiger partial charge is 0.116 e. The zero-order chi connectivity index (χ0) is 21.4. The van der Waals surface area contributed by atoms with Crippen LogP contribution < -0.4 is 15.9 Å². The molecule has 1 aromatic carbocycles. The second-order valence-corrected chi connectivity index (χ2v) is 9.71. The monoisotopic (exact) mass is 428 g/mol. The lowest BCUT2D eigenvalue weighted by molar-refractivity contribution is 0.420. The molecule has 3 N–H and O–H groups in total. The molecule has 0 bridgehead atoms. The van der Waals surface area contributed by atoms with Gasteiger partial charge in [0.15, 0.2) is 0 Å². The van der Waals surface area contributed by atoms with Crippen LogP contribution in [0.2, 0.25) is 0 Å². The molecule has 0 saturated carbocycles. The summed E-state index contributed by atoms with van der Waals surface area (Å²) in [4.78, 5) is 6.16. The van der Waals surface area contributed by atoms with Crippen LogP contribution in [0.4, 0.5) is 0 Å². The number of piperidine rings is 1. The zero-order valence-corrected chi connectivity index (χ0v) is 18.9. The van der Waals surface area contributed by atoms with Gasteiger partial charge in [0.1, 0.15) is 5.69 Å². The van der Waals surface area contributed by atoms with Gasteiger partial charge in [0.25, 0.3) is 0 Å². The fraction of sp³-hybridized carbons (Fsp3) is 0.269. The fourth-order valence-corrected chi connectivity index (χ4v) is 5.35. The molecular weight excluding hydrogens is 400 g/mol. The number of hydrogen-bond acceptors (Lipinski definition) is 3. The molecule has 1 saturated heterocycles. The molecule has 1 fully saturated rings. The quantitative estimate of drug-likeness (QED) is 0.440. The van der Waals surface area contributed by atoms with E-state index >= 15 is 0 Å². The first kappa shape index (κ1) is 20.0. The molecule has 0 amide bonds. The Hall–Kier alpha value is -2.89. The summed E-state index contributed by atoms with van der Waals surface area (Å²) in [6.45, 7) is 10.9. The first-order valence-corrected chi connectivity index (χ1v) is 11.7. The van der Waals surface area contributed by atoms with Crippen LogP contribution in [0.25, 0.3) is 45.4 Å². The number of fused-ring (bicyclic) bond motifs is 1. The van der Waals surface area contributed by atoms with Gasteiger partial charge >= 0.3 is 0 Å². The van der Waals surface area contributed by atoms with E-state index in [0.29, 0.717) is 5.92 Å². The van der Waals surface area contributed by atoms with Crippen molar-refractivity contribution in [3.05, 3.63) is 63.5 Å². The lowest BCUT2D eigenvalue weighted by Crippen LogP contribution is -2.28. The highest BCUT2D eigenvalue weighted by Gasteiger charge is 2.14. The van der Waals surface area contributed by atoms with Crippen molar-refractivity contribution in [2.75, 3.05) is 13.1 Å². The molecule has 4 heterocycles. The van der Waals surface area contributed by atoms with E-state index in [1.165, 1.54) is 39.1 Å². The molecule has 31 heavy (non-hydrogen) atoms. The summed E-state index contributed by atoms with van der Waals surface area (Å²) in [5, 5.41) is 14.3. The number of aryl methyl sites for hydroxylation is 1. The lowest BCUT2D eigenvalue weighted by Gasteiger charge is -2.23. The van der Waals surface area contributed by atoms with E-state index in [9.17, 15) is 0 Å². The van der Waals surface area contributed by atoms with Gasteiger partial charge in [0, 0.05) is 31.4 Å². The minimum atomic E-state index is 0.668. The molecule has 3 aromatic heterocycles. The van der Waals surface area contributed by atoms with Crippen LogP contribution in [0.5, 0.6) is 0 Å². The van der Waals surface area contributed by atoms with E-state index in [0.717, 1.165) is 40.6 Å². The van der Waals surface area contributed by atoms with Gasteiger partial charge < -0.3 is 10.3 Å². The molecule has 5 rings (SSSR count). The van der Waals surface area contributed by atoms with E-state index in [1.807, 2.05) is 11.3 Å². The molecule has 1 aliphatic heterocycles. The summed E-state index contributed by atoms with van der Waals surface area (Å²) in [6.07, 6.45) is 6.77. The van der Waals surface area contributed by atoms with Crippen LogP contribution in [0.3, 0.4) is 0 Å². The van der Waals surface area contributed by atoms with E-state index < -0.39 is 0 Å². The number of H-pyrrole nitrogens is 2. The number of benzene rings is 1. The number of allylic oxidation sites excluding steroid dienone is 2. The Labute approximate surface area is 186 Å². The Morgan fingerprint density at radius 3 is 2.81 bits per heavy atom. The average molecular weight is 429 g/mol. The maximum Gasteiger partial charge on any atom is 0.116 e. The Kier molecular flexibility index (Phi) is 5.38. The largest absolute Gasteiger partial charge is 0.353 e. The molecular formula is C26H28N4S. The summed E-state index contributed by atoms with van der Waals surface area (Å²) in [7, 11) is 0. The summed E-state index contributed by atoms with van der Waals surface area (Å²) in [5.41, 5.74) is 5.68. The van der Waals surface area contributed by atoms with Gasteiger partial charge in [0.05, 0.1) is 11.0 Å². The predicted octanol–water partition coefficient (Wildman–Crippen LogP) is 4.73. The van der Waals surface area contributed by atoms with Gasteiger partial charge in [-0.3, -0.25) is 5.10 Å². The van der Waals surface area contributed by atoms with Gasteiger partial charge in [-0.2, -0.15) is 5.10 Å². The molecule has 158 valence electrons. The van der Waals surface area contributed by atoms with Crippen molar-refractivity contribution in [1.29, 1.82) is 0 Å². The Morgan fingerprint density at radius 1 is 1.19 bits per heavy atom. The van der Waals surface area contributed by atoms with Crippen LogP contribution in [0.1, 0.15) is 24.6 Å². The lowest BCUT2D eigenvalue weighted by atomic mass is 9.91. The Morgan fingerprint density at radius 2 is 2.03 bits per heavy atom. The number of nitrogens with zero attached hydrogens (tertiary/aromatic N) is 1. The van der Waals surface area contributed by atoms with Crippen molar-refractivity contribution in [1.82, 2.24) is 20.5 Å². The van der Waals surface area contributed by atoms with Gasteiger partial charge in [-0.05, 0) is 76.0 Å².